The van der Waals surface area contributed by atoms with E-state index in [0.29, 0.717) is 17.5 Å². The van der Waals surface area contributed by atoms with Gasteiger partial charge < -0.3 is 4.74 Å². The molecule has 0 unspecified atom stereocenters. The van der Waals surface area contributed by atoms with Crippen LogP contribution >= 0.6 is 0 Å². The Hall–Kier alpha value is -7.95. The Balaban J connectivity index is 0.960. The lowest BCUT2D eigenvalue weighted by Crippen LogP contribution is -2.28. The van der Waals surface area contributed by atoms with Gasteiger partial charge in [-0.25, -0.2) is 15.0 Å². The van der Waals surface area contributed by atoms with Crippen molar-refractivity contribution in [2.45, 2.75) is 5.41 Å². The van der Waals surface area contributed by atoms with Gasteiger partial charge in [0.05, 0.1) is 5.41 Å². The number of hydrogen-bond donors (Lipinski definition) is 0. The molecule has 0 saturated carbocycles. The van der Waals surface area contributed by atoms with E-state index in [1.54, 1.807) is 0 Å². The predicted octanol–water partition coefficient (Wildman–Crippen LogP) is 13.8. The summed E-state index contributed by atoms with van der Waals surface area (Å²) in [7, 11) is 0. The number of fused-ring (bicyclic) bond motifs is 5. The molecule has 2 heterocycles. The first-order valence-electron chi connectivity index (χ1n) is 20.3. The average Bonchev–Trinajstić information content (AvgIpc) is 3.63. The lowest BCUT2D eigenvalue weighted by atomic mass is 9.67. The molecule has 12 rings (SSSR count). The molecular formula is C56H35N3O. The third kappa shape index (κ3) is 5.28. The molecule has 60 heavy (non-hydrogen) atoms. The summed E-state index contributed by atoms with van der Waals surface area (Å²) >= 11 is 0. The first kappa shape index (κ1) is 34.1. The van der Waals surface area contributed by atoms with E-state index in [4.69, 9.17) is 19.7 Å². The molecule has 280 valence electrons. The fourth-order valence-corrected chi connectivity index (χ4v) is 9.49. The van der Waals surface area contributed by atoms with E-state index in [1.165, 1.54) is 44.3 Å². The third-order valence-electron chi connectivity index (χ3n) is 12.2. The minimum atomic E-state index is -0.475. The van der Waals surface area contributed by atoms with Crippen LogP contribution in [0.1, 0.15) is 22.3 Å². The van der Waals surface area contributed by atoms with Crippen LogP contribution in [0.25, 0.3) is 78.3 Å². The van der Waals surface area contributed by atoms with Crippen LogP contribution in [-0.2, 0) is 5.41 Å². The number of benzene rings is 9. The second-order valence-corrected chi connectivity index (χ2v) is 15.5. The molecule has 9 aromatic carbocycles. The Morgan fingerprint density at radius 3 is 1.57 bits per heavy atom. The lowest BCUT2D eigenvalue weighted by Gasteiger charge is -2.33. The van der Waals surface area contributed by atoms with Crippen LogP contribution in [0.5, 0.6) is 11.5 Å². The highest BCUT2D eigenvalue weighted by Gasteiger charge is 2.46. The number of ether oxygens (including phenoxy) is 1. The van der Waals surface area contributed by atoms with Crippen molar-refractivity contribution in [2.75, 3.05) is 0 Å². The van der Waals surface area contributed by atoms with Crippen LogP contribution < -0.4 is 4.74 Å². The summed E-state index contributed by atoms with van der Waals surface area (Å²) in [6, 6.07) is 75.1. The van der Waals surface area contributed by atoms with E-state index >= 15 is 0 Å². The Morgan fingerprint density at radius 1 is 0.317 bits per heavy atom. The van der Waals surface area contributed by atoms with Gasteiger partial charge in [-0.1, -0.05) is 188 Å². The number of nitrogens with zero attached hydrogens (tertiary/aromatic N) is 3. The summed E-state index contributed by atoms with van der Waals surface area (Å²) in [6.07, 6.45) is 0. The van der Waals surface area contributed by atoms with Crippen molar-refractivity contribution < 1.29 is 4.74 Å². The first-order chi connectivity index (χ1) is 29.7. The number of rotatable bonds is 6. The van der Waals surface area contributed by atoms with E-state index in [2.05, 4.69) is 188 Å². The van der Waals surface area contributed by atoms with Crippen LogP contribution in [0, 0.1) is 0 Å². The van der Waals surface area contributed by atoms with E-state index < -0.39 is 5.41 Å². The fourth-order valence-electron chi connectivity index (χ4n) is 9.49. The summed E-state index contributed by atoms with van der Waals surface area (Å²) < 4.78 is 6.49. The molecule has 0 fully saturated rings. The molecule has 0 amide bonds. The topological polar surface area (TPSA) is 47.9 Å². The van der Waals surface area contributed by atoms with Gasteiger partial charge in [0.1, 0.15) is 11.5 Å². The highest BCUT2D eigenvalue weighted by molar-refractivity contribution is 6.04. The highest BCUT2D eigenvalue weighted by atomic mass is 16.5. The van der Waals surface area contributed by atoms with E-state index in [1.807, 2.05) is 24.3 Å². The fraction of sp³-hybridized carbons (Fsp3) is 0.0179. The summed E-state index contributed by atoms with van der Waals surface area (Å²) in [5.41, 5.74) is 14.1. The Kier molecular flexibility index (Phi) is 7.72. The van der Waals surface area contributed by atoms with Crippen molar-refractivity contribution in [2.24, 2.45) is 0 Å². The van der Waals surface area contributed by atoms with E-state index in [-0.39, 0.29) is 0 Å². The second kappa shape index (κ2) is 13.6. The maximum absolute atomic E-state index is 6.49. The molecular weight excluding hydrogens is 731 g/mol. The maximum atomic E-state index is 6.49. The number of aromatic nitrogens is 3. The summed E-state index contributed by atoms with van der Waals surface area (Å²) in [5.74, 6) is 3.63. The zero-order valence-corrected chi connectivity index (χ0v) is 32.5. The molecule has 1 aliphatic heterocycles. The highest BCUT2D eigenvalue weighted by Crippen LogP contribution is 2.56. The van der Waals surface area contributed by atoms with Gasteiger partial charge in [-0.2, -0.15) is 0 Å². The summed E-state index contributed by atoms with van der Waals surface area (Å²) in [4.78, 5) is 15.4. The van der Waals surface area contributed by atoms with Gasteiger partial charge in [-0.05, 0) is 79.7 Å². The monoisotopic (exact) mass is 765 g/mol. The molecule has 0 saturated heterocycles. The minimum Gasteiger partial charge on any atom is -0.456 e. The van der Waals surface area contributed by atoms with Crippen molar-refractivity contribution in [3.05, 3.63) is 235 Å². The normalized spacial score (nSPS) is 12.9. The SMILES string of the molecule is c1ccc(-c2nc(-c3ccc(-c4ccc5c(c4)Oc4cccc6cccc-5c46)cc3)nc(-c3ccc4c(c3)-c3ccccc3C4(c3ccccc3)c3ccccc3)n2)cc1. The first-order valence-corrected chi connectivity index (χ1v) is 20.3. The van der Waals surface area contributed by atoms with Crippen LogP contribution in [0.4, 0.5) is 0 Å². The molecule has 0 N–H and O–H groups in total. The molecule has 4 nitrogen and oxygen atoms in total. The third-order valence-corrected chi connectivity index (χ3v) is 12.2. The van der Waals surface area contributed by atoms with Gasteiger partial charge in [0.15, 0.2) is 17.5 Å². The molecule has 0 bridgehead atoms. The standard InChI is InChI=1S/C56H35N3O/c1-4-14-38(15-5-1)53-57-54(39-28-26-36(27-29-39)40-30-32-45-46-23-12-16-37-17-13-25-50(52(37)46)60-51(45)35-40)59-55(58-53)41-31-33-49-47(34-41)44-22-10-11-24-48(44)56(49,42-18-6-2-7-19-42)43-20-8-3-9-21-43/h1-35H. The van der Waals surface area contributed by atoms with Crippen molar-refractivity contribution in [1.82, 2.24) is 15.0 Å². The van der Waals surface area contributed by atoms with Gasteiger partial charge in [-0.15, -0.1) is 0 Å². The van der Waals surface area contributed by atoms with Crippen LogP contribution in [0.2, 0.25) is 0 Å². The largest absolute Gasteiger partial charge is 0.456 e. The van der Waals surface area contributed by atoms with Crippen molar-refractivity contribution in [1.29, 1.82) is 0 Å². The zero-order valence-electron chi connectivity index (χ0n) is 32.5. The van der Waals surface area contributed by atoms with Crippen LogP contribution in [-0.4, -0.2) is 15.0 Å². The molecule has 4 heteroatoms. The predicted molar refractivity (Wildman–Crippen MR) is 242 cm³/mol. The second-order valence-electron chi connectivity index (χ2n) is 15.5. The van der Waals surface area contributed by atoms with Gasteiger partial charge in [0.2, 0.25) is 0 Å². The molecule has 2 aliphatic rings. The zero-order chi connectivity index (χ0) is 39.6. The molecule has 0 atom stereocenters. The molecule has 1 aliphatic carbocycles. The maximum Gasteiger partial charge on any atom is 0.164 e. The van der Waals surface area contributed by atoms with E-state index in [9.17, 15) is 0 Å². The van der Waals surface area contributed by atoms with Gasteiger partial charge >= 0.3 is 0 Å². The molecule has 0 radical (unpaired) electrons. The Morgan fingerprint density at radius 2 is 0.850 bits per heavy atom. The van der Waals surface area contributed by atoms with Crippen molar-refractivity contribution in [3.63, 3.8) is 0 Å². The quantitative estimate of drug-likeness (QED) is 0.169. The number of hydrogen-bond acceptors (Lipinski definition) is 4. The smallest absolute Gasteiger partial charge is 0.164 e. The average molecular weight is 766 g/mol. The van der Waals surface area contributed by atoms with Gasteiger partial charge in [-0.3, -0.25) is 0 Å². The van der Waals surface area contributed by atoms with Crippen molar-refractivity contribution in [3.8, 4) is 79.0 Å². The molecule has 0 spiro atoms. The van der Waals surface area contributed by atoms with E-state index in [0.717, 1.165) is 50.3 Å². The van der Waals surface area contributed by atoms with Gasteiger partial charge in [0, 0.05) is 27.6 Å². The molecule has 1 aromatic heterocycles. The lowest BCUT2D eigenvalue weighted by molar-refractivity contribution is 0.487. The van der Waals surface area contributed by atoms with Crippen molar-refractivity contribution >= 4 is 10.8 Å². The Labute approximate surface area is 348 Å². The van der Waals surface area contributed by atoms with Crippen LogP contribution in [0.3, 0.4) is 0 Å². The van der Waals surface area contributed by atoms with Gasteiger partial charge in [0.25, 0.3) is 0 Å². The summed E-state index contributed by atoms with van der Waals surface area (Å²) in [5, 5.41) is 2.34. The Bertz CT molecular complexity index is 3230. The van der Waals surface area contributed by atoms with Crippen LogP contribution in [0.15, 0.2) is 212 Å². The molecule has 10 aromatic rings. The minimum absolute atomic E-state index is 0.475. The summed E-state index contributed by atoms with van der Waals surface area (Å²) in [6.45, 7) is 0.